The van der Waals surface area contributed by atoms with Gasteiger partial charge in [-0.15, -0.1) is 0 Å². The second kappa shape index (κ2) is 6.40. The number of rotatable bonds is 2. The van der Waals surface area contributed by atoms with Gasteiger partial charge in [-0.25, -0.2) is 14.0 Å². The molecule has 1 aromatic carbocycles. The standard InChI is InChI=1S/C13H11FO4/c1-3-18-12(15)7-5-9-4-6-11(14)10(8-9)13(16)17-2/h4,6,8H,3H2,1-2H3. The summed E-state index contributed by atoms with van der Waals surface area (Å²) in [7, 11) is 1.15. The van der Waals surface area contributed by atoms with Gasteiger partial charge in [0.2, 0.25) is 0 Å². The first-order valence-electron chi connectivity index (χ1n) is 5.15. The van der Waals surface area contributed by atoms with Gasteiger partial charge < -0.3 is 9.47 Å². The Bertz CT molecular complexity index is 526. The van der Waals surface area contributed by atoms with Crippen molar-refractivity contribution in [1.82, 2.24) is 0 Å². The summed E-state index contributed by atoms with van der Waals surface area (Å²) < 4.78 is 22.3. The van der Waals surface area contributed by atoms with Gasteiger partial charge in [-0.3, -0.25) is 0 Å². The fraction of sp³-hybridized carbons (Fsp3) is 0.231. The van der Waals surface area contributed by atoms with Crippen molar-refractivity contribution >= 4 is 11.9 Å². The molecule has 0 radical (unpaired) electrons. The molecule has 0 fully saturated rings. The minimum atomic E-state index is -0.799. The number of hydrogen-bond donors (Lipinski definition) is 0. The summed E-state index contributed by atoms with van der Waals surface area (Å²) in [5.41, 5.74) is 0.0954. The third kappa shape index (κ3) is 3.59. The molecule has 1 rings (SSSR count). The summed E-state index contributed by atoms with van der Waals surface area (Å²) in [6, 6.07) is 3.66. The molecule has 0 amide bonds. The lowest BCUT2D eigenvalue weighted by atomic mass is 10.1. The summed E-state index contributed by atoms with van der Waals surface area (Å²) in [4.78, 5) is 22.2. The lowest BCUT2D eigenvalue weighted by Gasteiger charge is -2.01. The van der Waals surface area contributed by atoms with E-state index in [9.17, 15) is 14.0 Å². The maximum absolute atomic E-state index is 13.3. The van der Waals surface area contributed by atoms with Gasteiger partial charge in [0.25, 0.3) is 0 Å². The fourth-order valence-electron chi connectivity index (χ4n) is 1.16. The van der Waals surface area contributed by atoms with E-state index in [0.717, 1.165) is 13.2 Å². The molecule has 0 N–H and O–H groups in total. The van der Waals surface area contributed by atoms with Crippen LogP contribution in [0.1, 0.15) is 22.8 Å². The molecule has 0 bridgehead atoms. The zero-order valence-electron chi connectivity index (χ0n) is 9.95. The average Bonchev–Trinajstić information content (AvgIpc) is 2.37. The van der Waals surface area contributed by atoms with Crippen molar-refractivity contribution in [3.8, 4) is 11.8 Å². The number of hydrogen-bond acceptors (Lipinski definition) is 4. The molecular formula is C13H11FO4. The Morgan fingerprint density at radius 1 is 1.39 bits per heavy atom. The lowest BCUT2D eigenvalue weighted by molar-refractivity contribution is -0.136. The van der Waals surface area contributed by atoms with E-state index in [0.29, 0.717) is 5.56 Å². The van der Waals surface area contributed by atoms with Crippen LogP contribution in [0, 0.1) is 17.7 Å². The highest BCUT2D eigenvalue weighted by molar-refractivity contribution is 5.91. The quantitative estimate of drug-likeness (QED) is 0.590. The van der Waals surface area contributed by atoms with Gasteiger partial charge in [0.05, 0.1) is 19.3 Å². The molecule has 18 heavy (non-hydrogen) atoms. The first-order chi connectivity index (χ1) is 8.58. The Labute approximate surface area is 104 Å². The minimum Gasteiger partial charge on any atom is -0.465 e. The highest BCUT2D eigenvalue weighted by Gasteiger charge is 2.11. The number of esters is 2. The van der Waals surface area contributed by atoms with Crippen LogP contribution in [0.5, 0.6) is 0 Å². The second-order valence-corrected chi connectivity index (χ2v) is 3.16. The van der Waals surface area contributed by atoms with E-state index in [1.807, 2.05) is 0 Å². The topological polar surface area (TPSA) is 52.6 Å². The molecule has 0 saturated heterocycles. The Hall–Kier alpha value is -2.35. The van der Waals surface area contributed by atoms with E-state index < -0.39 is 17.8 Å². The van der Waals surface area contributed by atoms with Crippen LogP contribution in [0.2, 0.25) is 0 Å². The largest absolute Gasteiger partial charge is 0.465 e. The molecule has 0 aliphatic heterocycles. The van der Waals surface area contributed by atoms with E-state index in [4.69, 9.17) is 0 Å². The Balaban J connectivity index is 2.98. The summed E-state index contributed by atoms with van der Waals surface area (Å²) in [6.45, 7) is 1.89. The Morgan fingerprint density at radius 3 is 2.72 bits per heavy atom. The van der Waals surface area contributed by atoms with Crippen LogP contribution < -0.4 is 0 Å². The first kappa shape index (κ1) is 13.7. The zero-order chi connectivity index (χ0) is 13.5. The molecule has 0 atom stereocenters. The van der Waals surface area contributed by atoms with Crippen LogP contribution >= 0.6 is 0 Å². The molecule has 0 heterocycles. The smallest absolute Gasteiger partial charge is 0.384 e. The van der Waals surface area contributed by atoms with Gasteiger partial charge in [-0.1, -0.05) is 5.92 Å². The van der Waals surface area contributed by atoms with Crippen molar-refractivity contribution in [2.24, 2.45) is 0 Å². The molecule has 1 aromatic rings. The average molecular weight is 250 g/mol. The molecule has 0 unspecified atom stereocenters. The van der Waals surface area contributed by atoms with E-state index in [2.05, 4.69) is 21.3 Å². The van der Waals surface area contributed by atoms with Crippen molar-refractivity contribution in [2.45, 2.75) is 6.92 Å². The maximum Gasteiger partial charge on any atom is 0.384 e. The third-order valence-corrected chi connectivity index (χ3v) is 1.96. The fourth-order valence-corrected chi connectivity index (χ4v) is 1.16. The maximum atomic E-state index is 13.3. The van der Waals surface area contributed by atoms with Crippen LogP contribution in [-0.4, -0.2) is 25.7 Å². The molecule has 0 spiro atoms. The summed E-state index contributed by atoms with van der Waals surface area (Å²) in [6.07, 6.45) is 0. The molecule has 94 valence electrons. The van der Waals surface area contributed by atoms with Crippen LogP contribution in [0.3, 0.4) is 0 Å². The van der Waals surface area contributed by atoms with Gasteiger partial charge in [0.15, 0.2) is 0 Å². The number of methoxy groups -OCH3 is 1. The molecular weight excluding hydrogens is 239 g/mol. The zero-order valence-corrected chi connectivity index (χ0v) is 9.95. The van der Waals surface area contributed by atoms with Crippen molar-refractivity contribution in [3.05, 3.63) is 35.1 Å². The summed E-state index contributed by atoms with van der Waals surface area (Å²) in [5.74, 6) is 2.51. The van der Waals surface area contributed by atoms with Crippen molar-refractivity contribution < 1.29 is 23.5 Å². The van der Waals surface area contributed by atoms with Crippen LogP contribution in [-0.2, 0) is 14.3 Å². The number of ether oxygens (including phenoxy) is 2. The van der Waals surface area contributed by atoms with Crippen molar-refractivity contribution in [2.75, 3.05) is 13.7 Å². The molecule has 0 aromatic heterocycles. The highest BCUT2D eigenvalue weighted by Crippen LogP contribution is 2.11. The summed E-state index contributed by atoms with van der Waals surface area (Å²) in [5, 5.41) is 0. The monoisotopic (exact) mass is 250 g/mol. The van der Waals surface area contributed by atoms with E-state index in [-0.39, 0.29) is 12.2 Å². The predicted molar refractivity (Wildman–Crippen MR) is 61.3 cm³/mol. The normalized spacial score (nSPS) is 9.06. The van der Waals surface area contributed by atoms with Crippen LogP contribution in [0.15, 0.2) is 18.2 Å². The van der Waals surface area contributed by atoms with E-state index >= 15 is 0 Å². The van der Waals surface area contributed by atoms with E-state index in [1.165, 1.54) is 12.1 Å². The third-order valence-electron chi connectivity index (χ3n) is 1.96. The SMILES string of the molecule is CCOC(=O)C#Cc1ccc(F)c(C(=O)OC)c1. The van der Waals surface area contributed by atoms with Crippen LogP contribution in [0.4, 0.5) is 4.39 Å². The number of halogens is 1. The number of benzene rings is 1. The molecule has 0 saturated carbocycles. The number of carbonyl (C=O) groups is 2. The predicted octanol–water partition coefficient (Wildman–Crippen LogP) is 1.53. The van der Waals surface area contributed by atoms with Gasteiger partial charge in [-0.05, 0) is 25.1 Å². The van der Waals surface area contributed by atoms with Gasteiger partial charge in [0, 0.05) is 11.5 Å². The van der Waals surface area contributed by atoms with Gasteiger partial charge >= 0.3 is 11.9 Å². The second-order valence-electron chi connectivity index (χ2n) is 3.16. The van der Waals surface area contributed by atoms with Crippen molar-refractivity contribution in [1.29, 1.82) is 0 Å². The van der Waals surface area contributed by atoms with Gasteiger partial charge in [0.1, 0.15) is 5.82 Å². The molecule has 0 aliphatic carbocycles. The first-order valence-corrected chi connectivity index (χ1v) is 5.15. The lowest BCUT2D eigenvalue weighted by Crippen LogP contribution is -2.05. The molecule has 0 aliphatic rings. The van der Waals surface area contributed by atoms with E-state index in [1.54, 1.807) is 6.92 Å². The molecule has 4 nitrogen and oxygen atoms in total. The Morgan fingerprint density at radius 2 is 2.11 bits per heavy atom. The van der Waals surface area contributed by atoms with Crippen molar-refractivity contribution in [3.63, 3.8) is 0 Å². The van der Waals surface area contributed by atoms with Crippen LogP contribution in [0.25, 0.3) is 0 Å². The highest BCUT2D eigenvalue weighted by atomic mass is 19.1. The van der Waals surface area contributed by atoms with Gasteiger partial charge in [-0.2, -0.15) is 0 Å². The minimum absolute atomic E-state index is 0.227. The number of carbonyl (C=O) groups excluding carboxylic acids is 2. The Kier molecular flexibility index (Phi) is 4.88. The molecule has 5 heteroatoms. The summed E-state index contributed by atoms with van der Waals surface area (Å²) >= 11 is 0.